The third-order valence-corrected chi connectivity index (χ3v) is 2.34. The van der Waals surface area contributed by atoms with Crippen LogP contribution in [0.5, 0.6) is 0 Å². The largest absolute Gasteiger partial charge is 0.466 e. The number of furan rings is 1. The van der Waals surface area contributed by atoms with Gasteiger partial charge in [0.15, 0.2) is 5.96 Å². The van der Waals surface area contributed by atoms with Crippen molar-refractivity contribution in [3.63, 3.8) is 0 Å². The number of aryl methyl sites for hydroxylation is 1. The van der Waals surface area contributed by atoms with E-state index in [9.17, 15) is 0 Å². The van der Waals surface area contributed by atoms with Crippen molar-refractivity contribution in [1.29, 1.82) is 0 Å². The highest BCUT2D eigenvalue weighted by Crippen LogP contribution is 2.07. The average Bonchev–Trinajstić information content (AvgIpc) is 2.94. The number of nitrogens with zero attached hydrogens (tertiary/aromatic N) is 3. The van der Waals surface area contributed by atoms with Crippen LogP contribution in [0.1, 0.15) is 39.2 Å². The maximum atomic E-state index is 5.75. The van der Waals surface area contributed by atoms with Gasteiger partial charge in [0.25, 0.3) is 0 Å². The molecule has 1 heterocycles. The van der Waals surface area contributed by atoms with Gasteiger partial charge >= 0.3 is 0 Å². The van der Waals surface area contributed by atoms with Crippen molar-refractivity contribution in [2.24, 2.45) is 21.5 Å². The van der Waals surface area contributed by atoms with Crippen LogP contribution in [0.4, 0.5) is 0 Å². The standard InChI is InChI=1S/C11H19N5O.2C2H6/c1-8-4-5-9(17-8)6-7-16(3)11(13)15-10(12)14-2;2*1-2/h4-5H,6-7H2,1-3H3,(H4,12,13,14,15);2*1-2H3. The van der Waals surface area contributed by atoms with Crippen LogP contribution in [0.2, 0.25) is 0 Å². The molecule has 0 amide bonds. The lowest BCUT2D eigenvalue weighted by molar-refractivity contribution is 0.437. The third-order valence-electron chi connectivity index (χ3n) is 2.34. The van der Waals surface area contributed by atoms with E-state index in [1.165, 1.54) is 0 Å². The third kappa shape index (κ3) is 9.54. The predicted octanol–water partition coefficient (Wildman–Crippen LogP) is 2.37. The van der Waals surface area contributed by atoms with Crippen molar-refractivity contribution < 1.29 is 4.42 Å². The molecule has 0 fully saturated rings. The Labute approximate surface area is 128 Å². The highest BCUT2D eigenvalue weighted by atomic mass is 16.3. The minimum absolute atomic E-state index is 0.170. The Balaban J connectivity index is 0. The lowest BCUT2D eigenvalue weighted by Gasteiger charge is -2.16. The van der Waals surface area contributed by atoms with E-state index in [0.717, 1.165) is 17.9 Å². The van der Waals surface area contributed by atoms with Gasteiger partial charge in [-0.2, -0.15) is 4.99 Å². The van der Waals surface area contributed by atoms with E-state index in [4.69, 9.17) is 15.9 Å². The Morgan fingerprint density at radius 1 is 1.19 bits per heavy atom. The van der Waals surface area contributed by atoms with E-state index in [1.807, 2.05) is 53.8 Å². The van der Waals surface area contributed by atoms with E-state index in [-0.39, 0.29) is 5.96 Å². The summed E-state index contributed by atoms with van der Waals surface area (Å²) in [5.74, 6) is 2.35. The molecular weight excluding hydrogens is 266 g/mol. The van der Waals surface area contributed by atoms with Gasteiger partial charge in [-0.1, -0.05) is 27.7 Å². The Hall–Kier alpha value is -1.98. The number of nitrogens with two attached hydrogens (primary N) is 2. The molecule has 0 aromatic carbocycles. The lowest BCUT2D eigenvalue weighted by Crippen LogP contribution is -2.36. The summed E-state index contributed by atoms with van der Waals surface area (Å²) in [5, 5.41) is 0. The van der Waals surface area contributed by atoms with Crippen LogP contribution in [0.3, 0.4) is 0 Å². The quantitative estimate of drug-likeness (QED) is 0.661. The molecule has 0 bridgehead atoms. The van der Waals surface area contributed by atoms with Gasteiger partial charge in [0, 0.05) is 27.1 Å². The van der Waals surface area contributed by atoms with Gasteiger partial charge in [-0.15, -0.1) is 0 Å². The molecular formula is C15H31N5O. The molecule has 0 aliphatic carbocycles. The van der Waals surface area contributed by atoms with Crippen LogP contribution in [0.15, 0.2) is 26.5 Å². The van der Waals surface area contributed by atoms with Crippen molar-refractivity contribution >= 4 is 11.9 Å². The Morgan fingerprint density at radius 2 is 1.76 bits per heavy atom. The summed E-state index contributed by atoms with van der Waals surface area (Å²) < 4.78 is 5.46. The molecule has 4 N–H and O–H groups in total. The summed E-state index contributed by atoms with van der Waals surface area (Å²) in [6, 6.07) is 3.90. The van der Waals surface area contributed by atoms with Crippen LogP contribution in [-0.2, 0) is 6.42 Å². The van der Waals surface area contributed by atoms with Crippen LogP contribution in [-0.4, -0.2) is 37.5 Å². The number of rotatable bonds is 3. The molecule has 6 nitrogen and oxygen atoms in total. The molecule has 122 valence electrons. The fourth-order valence-electron chi connectivity index (χ4n) is 1.26. The second kappa shape index (κ2) is 13.0. The fraction of sp³-hybridized carbons (Fsp3) is 0.600. The molecule has 0 aliphatic heterocycles. The Bertz CT molecular complexity index is 423. The molecule has 0 spiro atoms. The normalized spacial score (nSPS) is 11.0. The zero-order valence-corrected chi connectivity index (χ0v) is 14.5. The van der Waals surface area contributed by atoms with Crippen LogP contribution in [0, 0.1) is 6.92 Å². The van der Waals surface area contributed by atoms with Gasteiger partial charge in [-0.25, -0.2) is 0 Å². The molecule has 1 aromatic heterocycles. The molecule has 6 heteroatoms. The highest BCUT2D eigenvalue weighted by Gasteiger charge is 2.05. The van der Waals surface area contributed by atoms with Crippen LogP contribution in [0.25, 0.3) is 0 Å². The van der Waals surface area contributed by atoms with Gasteiger partial charge < -0.3 is 20.8 Å². The SMILES string of the molecule is CC.CC.CN=C(N)/N=C(\N)N(C)CCc1ccc(C)o1. The summed E-state index contributed by atoms with van der Waals surface area (Å²) in [5.41, 5.74) is 11.2. The molecule has 1 aromatic rings. The maximum Gasteiger partial charge on any atom is 0.218 e. The second-order valence-electron chi connectivity index (χ2n) is 3.74. The van der Waals surface area contributed by atoms with E-state index in [0.29, 0.717) is 12.5 Å². The molecule has 0 atom stereocenters. The topological polar surface area (TPSA) is 93.1 Å². The molecule has 0 saturated carbocycles. The first-order valence-electron chi connectivity index (χ1n) is 7.35. The summed E-state index contributed by atoms with van der Waals surface area (Å²) in [6.07, 6.45) is 0.768. The average molecular weight is 297 g/mol. The highest BCUT2D eigenvalue weighted by molar-refractivity contribution is 5.93. The summed E-state index contributed by atoms with van der Waals surface area (Å²) in [4.78, 5) is 9.45. The first-order chi connectivity index (χ1) is 10.0. The predicted molar refractivity (Wildman–Crippen MR) is 91.6 cm³/mol. The number of hydrogen-bond acceptors (Lipinski definition) is 2. The minimum Gasteiger partial charge on any atom is -0.466 e. The van der Waals surface area contributed by atoms with Gasteiger partial charge in [-0.05, 0) is 19.1 Å². The molecule has 0 radical (unpaired) electrons. The lowest BCUT2D eigenvalue weighted by atomic mass is 10.3. The van der Waals surface area contributed by atoms with Crippen molar-refractivity contribution in [1.82, 2.24) is 4.90 Å². The smallest absolute Gasteiger partial charge is 0.218 e. The van der Waals surface area contributed by atoms with E-state index in [1.54, 1.807) is 11.9 Å². The number of hydrogen-bond donors (Lipinski definition) is 2. The van der Waals surface area contributed by atoms with Crippen molar-refractivity contribution in [2.45, 2.75) is 41.0 Å². The van der Waals surface area contributed by atoms with Crippen LogP contribution < -0.4 is 11.5 Å². The molecule has 0 saturated heterocycles. The molecule has 21 heavy (non-hydrogen) atoms. The molecule has 0 unspecified atom stereocenters. The van der Waals surface area contributed by atoms with E-state index < -0.39 is 0 Å². The minimum atomic E-state index is 0.170. The maximum absolute atomic E-state index is 5.75. The Kier molecular flexibility index (Phi) is 13.2. The first-order valence-corrected chi connectivity index (χ1v) is 7.35. The fourth-order valence-corrected chi connectivity index (χ4v) is 1.26. The van der Waals surface area contributed by atoms with Gasteiger partial charge in [-0.3, -0.25) is 4.99 Å². The van der Waals surface area contributed by atoms with Gasteiger partial charge in [0.1, 0.15) is 11.5 Å². The van der Waals surface area contributed by atoms with E-state index in [2.05, 4.69) is 9.98 Å². The van der Waals surface area contributed by atoms with Crippen LogP contribution >= 0.6 is 0 Å². The van der Waals surface area contributed by atoms with Gasteiger partial charge in [0.2, 0.25) is 5.96 Å². The molecule has 0 aliphatic rings. The molecule has 1 rings (SSSR count). The first kappa shape index (κ1) is 21.3. The summed E-state index contributed by atoms with van der Waals surface area (Å²) in [7, 11) is 3.41. The van der Waals surface area contributed by atoms with Crippen molar-refractivity contribution in [3.8, 4) is 0 Å². The number of likely N-dealkylation sites (N-methyl/N-ethyl adjacent to an activating group) is 1. The zero-order chi connectivity index (χ0) is 16.8. The zero-order valence-electron chi connectivity index (χ0n) is 14.5. The summed E-state index contributed by atoms with van der Waals surface area (Å²) >= 11 is 0. The van der Waals surface area contributed by atoms with Gasteiger partial charge in [0.05, 0.1) is 0 Å². The van der Waals surface area contributed by atoms with Crippen molar-refractivity contribution in [2.75, 3.05) is 20.6 Å². The summed E-state index contributed by atoms with van der Waals surface area (Å²) in [6.45, 7) is 10.6. The van der Waals surface area contributed by atoms with E-state index >= 15 is 0 Å². The number of guanidine groups is 2. The second-order valence-corrected chi connectivity index (χ2v) is 3.74. The van der Waals surface area contributed by atoms with Crippen molar-refractivity contribution in [3.05, 3.63) is 23.7 Å². The number of aliphatic imine (C=N–C) groups is 2. The Morgan fingerprint density at radius 3 is 2.19 bits per heavy atom. The monoisotopic (exact) mass is 297 g/mol.